The summed E-state index contributed by atoms with van der Waals surface area (Å²) < 4.78 is 5.45. The number of amides is 1. The highest BCUT2D eigenvalue weighted by Gasteiger charge is 2.26. The van der Waals surface area contributed by atoms with Crippen molar-refractivity contribution in [3.8, 4) is 5.75 Å². The fourth-order valence-corrected chi connectivity index (χ4v) is 2.86. The van der Waals surface area contributed by atoms with Gasteiger partial charge in [0.1, 0.15) is 5.75 Å². The molecular weight excluding hydrogens is 264 g/mol. The van der Waals surface area contributed by atoms with Gasteiger partial charge >= 0.3 is 0 Å². The number of ether oxygens (including phenoxy) is 1. The largest absolute Gasteiger partial charge is 0.496 e. The van der Waals surface area contributed by atoms with Gasteiger partial charge in [-0.15, -0.1) is 0 Å². The van der Waals surface area contributed by atoms with Crippen molar-refractivity contribution >= 4 is 5.91 Å². The van der Waals surface area contributed by atoms with Crippen molar-refractivity contribution in [2.75, 3.05) is 20.2 Å². The van der Waals surface area contributed by atoms with E-state index in [2.05, 4.69) is 24.5 Å². The molecule has 2 N–H and O–H groups in total. The molecule has 0 aromatic heterocycles. The van der Waals surface area contributed by atoms with Crippen LogP contribution in [0.2, 0.25) is 0 Å². The molecule has 0 spiro atoms. The first kappa shape index (κ1) is 15.8. The number of carbonyl (C=O) groups is 1. The molecule has 2 rings (SSSR count). The van der Waals surface area contributed by atoms with E-state index in [4.69, 9.17) is 4.74 Å². The molecule has 1 amide bonds. The molecule has 1 aromatic carbocycles. The van der Waals surface area contributed by atoms with Gasteiger partial charge in [-0.25, -0.2) is 0 Å². The van der Waals surface area contributed by atoms with Gasteiger partial charge in [-0.1, -0.05) is 32.0 Å². The van der Waals surface area contributed by atoms with Crippen LogP contribution in [-0.2, 0) is 4.79 Å². The molecule has 4 nitrogen and oxygen atoms in total. The van der Waals surface area contributed by atoms with Gasteiger partial charge in [0, 0.05) is 12.1 Å². The van der Waals surface area contributed by atoms with Gasteiger partial charge in [0.15, 0.2) is 0 Å². The maximum Gasteiger partial charge on any atom is 0.224 e. The topological polar surface area (TPSA) is 50.4 Å². The lowest BCUT2D eigenvalue weighted by atomic mass is 9.95. The minimum absolute atomic E-state index is 0.00856. The first-order valence-corrected chi connectivity index (χ1v) is 7.75. The van der Waals surface area contributed by atoms with Crippen molar-refractivity contribution in [3.05, 3.63) is 29.8 Å². The van der Waals surface area contributed by atoms with Crippen molar-refractivity contribution in [1.29, 1.82) is 0 Å². The smallest absolute Gasteiger partial charge is 0.224 e. The molecule has 0 saturated carbocycles. The number of para-hydroxylation sites is 1. The van der Waals surface area contributed by atoms with Crippen LogP contribution in [0.3, 0.4) is 0 Å². The molecule has 116 valence electrons. The Morgan fingerprint density at radius 2 is 2.19 bits per heavy atom. The Balaban J connectivity index is 2.15. The predicted octanol–water partition coefficient (Wildman–Crippen LogP) is 2.51. The zero-order valence-corrected chi connectivity index (χ0v) is 13.2. The number of benzene rings is 1. The standard InChI is InChI=1S/C17H26N2O2/c1-12(2)10-15(14-6-4-5-7-16(14)21-3)19-17(20)13-8-9-18-11-13/h4-7,12-13,15,18H,8-11H2,1-3H3,(H,19,20). The van der Waals surface area contributed by atoms with Crippen LogP contribution in [0.1, 0.15) is 38.3 Å². The lowest BCUT2D eigenvalue weighted by molar-refractivity contribution is -0.125. The van der Waals surface area contributed by atoms with Crippen LogP contribution >= 0.6 is 0 Å². The molecule has 21 heavy (non-hydrogen) atoms. The van der Waals surface area contributed by atoms with Gasteiger partial charge in [-0.2, -0.15) is 0 Å². The van der Waals surface area contributed by atoms with Crippen molar-refractivity contribution in [3.63, 3.8) is 0 Å². The van der Waals surface area contributed by atoms with E-state index in [1.165, 1.54) is 0 Å². The van der Waals surface area contributed by atoms with Crippen LogP contribution in [0.25, 0.3) is 0 Å². The Hall–Kier alpha value is -1.55. The lowest BCUT2D eigenvalue weighted by Crippen LogP contribution is -2.35. The van der Waals surface area contributed by atoms with Crippen LogP contribution in [0.4, 0.5) is 0 Å². The Morgan fingerprint density at radius 1 is 1.43 bits per heavy atom. The highest BCUT2D eigenvalue weighted by Crippen LogP contribution is 2.29. The van der Waals surface area contributed by atoms with Gasteiger partial charge in [-0.05, 0) is 31.4 Å². The van der Waals surface area contributed by atoms with Gasteiger partial charge < -0.3 is 15.4 Å². The molecule has 1 aliphatic heterocycles. The molecule has 1 aromatic rings. The summed E-state index contributed by atoms with van der Waals surface area (Å²) in [6, 6.07) is 7.95. The monoisotopic (exact) mass is 290 g/mol. The second-order valence-electron chi connectivity index (χ2n) is 6.12. The summed E-state index contributed by atoms with van der Waals surface area (Å²) >= 11 is 0. The third-order valence-corrected chi connectivity index (χ3v) is 3.97. The van der Waals surface area contributed by atoms with Gasteiger partial charge in [-0.3, -0.25) is 4.79 Å². The van der Waals surface area contributed by atoms with E-state index in [9.17, 15) is 4.79 Å². The summed E-state index contributed by atoms with van der Waals surface area (Å²) in [6.07, 6.45) is 1.83. The number of hydrogen-bond donors (Lipinski definition) is 2. The zero-order chi connectivity index (χ0) is 15.2. The van der Waals surface area contributed by atoms with Crippen LogP contribution in [0.5, 0.6) is 5.75 Å². The second kappa shape index (κ2) is 7.46. The molecule has 1 fully saturated rings. The van der Waals surface area contributed by atoms with Crippen molar-refractivity contribution in [2.24, 2.45) is 11.8 Å². The molecular formula is C17H26N2O2. The Kier molecular flexibility index (Phi) is 5.62. The second-order valence-corrected chi connectivity index (χ2v) is 6.12. The summed E-state index contributed by atoms with van der Waals surface area (Å²) in [5, 5.41) is 6.47. The number of methoxy groups -OCH3 is 1. The first-order chi connectivity index (χ1) is 10.1. The summed E-state index contributed by atoms with van der Waals surface area (Å²) in [5.41, 5.74) is 1.06. The minimum atomic E-state index is 0.00856. The molecule has 2 atom stereocenters. The molecule has 2 unspecified atom stereocenters. The van der Waals surface area contributed by atoms with Crippen molar-refractivity contribution < 1.29 is 9.53 Å². The van der Waals surface area contributed by atoms with Crippen LogP contribution in [0.15, 0.2) is 24.3 Å². The van der Waals surface area contributed by atoms with E-state index in [0.29, 0.717) is 5.92 Å². The first-order valence-electron chi connectivity index (χ1n) is 7.75. The molecule has 1 aliphatic rings. The number of hydrogen-bond acceptors (Lipinski definition) is 3. The fourth-order valence-electron chi connectivity index (χ4n) is 2.86. The van der Waals surface area contributed by atoms with Crippen molar-refractivity contribution in [2.45, 2.75) is 32.7 Å². The van der Waals surface area contributed by atoms with E-state index in [1.54, 1.807) is 7.11 Å². The molecule has 0 aliphatic carbocycles. The Morgan fingerprint density at radius 3 is 2.81 bits per heavy atom. The summed E-state index contributed by atoms with van der Waals surface area (Å²) in [7, 11) is 1.67. The third-order valence-electron chi connectivity index (χ3n) is 3.97. The normalized spacial score (nSPS) is 19.5. The van der Waals surface area contributed by atoms with Crippen LogP contribution in [0, 0.1) is 11.8 Å². The predicted molar refractivity (Wildman–Crippen MR) is 84.3 cm³/mol. The number of carbonyl (C=O) groups excluding carboxylic acids is 1. The third kappa shape index (κ3) is 4.21. The average Bonchev–Trinajstić information content (AvgIpc) is 3.00. The highest BCUT2D eigenvalue weighted by atomic mass is 16.5. The number of nitrogens with one attached hydrogen (secondary N) is 2. The molecule has 1 heterocycles. The molecule has 1 saturated heterocycles. The maximum atomic E-state index is 12.4. The minimum Gasteiger partial charge on any atom is -0.496 e. The fraction of sp³-hybridized carbons (Fsp3) is 0.588. The number of rotatable bonds is 6. The Labute approximate surface area is 127 Å². The molecule has 0 bridgehead atoms. The molecule has 4 heteroatoms. The SMILES string of the molecule is COc1ccccc1C(CC(C)C)NC(=O)C1CCNC1. The summed E-state index contributed by atoms with van der Waals surface area (Å²) in [4.78, 5) is 12.4. The van der Waals surface area contributed by atoms with Crippen LogP contribution in [-0.4, -0.2) is 26.1 Å². The van der Waals surface area contributed by atoms with E-state index in [0.717, 1.165) is 37.2 Å². The van der Waals surface area contributed by atoms with Crippen molar-refractivity contribution in [1.82, 2.24) is 10.6 Å². The summed E-state index contributed by atoms with van der Waals surface area (Å²) in [6.45, 7) is 6.06. The van der Waals surface area contributed by atoms with Crippen LogP contribution < -0.4 is 15.4 Å². The maximum absolute atomic E-state index is 12.4. The van der Waals surface area contributed by atoms with E-state index < -0.39 is 0 Å². The van der Waals surface area contributed by atoms with E-state index in [-0.39, 0.29) is 17.9 Å². The molecule has 0 radical (unpaired) electrons. The lowest BCUT2D eigenvalue weighted by Gasteiger charge is -2.24. The van der Waals surface area contributed by atoms with E-state index in [1.807, 2.05) is 24.3 Å². The highest BCUT2D eigenvalue weighted by molar-refractivity contribution is 5.79. The van der Waals surface area contributed by atoms with Gasteiger partial charge in [0.25, 0.3) is 0 Å². The van der Waals surface area contributed by atoms with E-state index >= 15 is 0 Å². The zero-order valence-electron chi connectivity index (χ0n) is 13.2. The quantitative estimate of drug-likeness (QED) is 0.846. The van der Waals surface area contributed by atoms with Gasteiger partial charge in [0.2, 0.25) is 5.91 Å². The average molecular weight is 290 g/mol. The summed E-state index contributed by atoms with van der Waals surface area (Å²) in [5.74, 6) is 1.58. The Bertz CT molecular complexity index is 468. The van der Waals surface area contributed by atoms with Gasteiger partial charge in [0.05, 0.1) is 19.1 Å².